The van der Waals surface area contributed by atoms with Gasteiger partial charge in [-0.25, -0.2) is 4.39 Å². The van der Waals surface area contributed by atoms with Gasteiger partial charge in [-0.05, 0) is 31.4 Å². The van der Waals surface area contributed by atoms with Crippen molar-refractivity contribution in [2.24, 2.45) is 5.92 Å². The SMILES string of the molecule is CC(C(=O)OC(C)c1ccccc1)C1=C(F)CCC=C1. The highest BCUT2D eigenvalue weighted by Gasteiger charge is 2.24. The number of allylic oxidation sites excluding steroid dienone is 3. The van der Waals surface area contributed by atoms with E-state index < -0.39 is 11.9 Å². The summed E-state index contributed by atoms with van der Waals surface area (Å²) in [5.41, 5.74) is 1.38. The number of benzene rings is 1. The molecule has 1 aromatic rings. The molecule has 2 unspecified atom stereocenters. The van der Waals surface area contributed by atoms with Crippen LogP contribution in [0.1, 0.15) is 38.4 Å². The molecule has 3 heteroatoms. The van der Waals surface area contributed by atoms with Gasteiger partial charge in [-0.1, -0.05) is 42.5 Å². The third-order valence-electron chi connectivity index (χ3n) is 3.52. The van der Waals surface area contributed by atoms with Crippen molar-refractivity contribution in [3.05, 3.63) is 59.4 Å². The Bertz CT molecular complexity index is 531. The van der Waals surface area contributed by atoms with Gasteiger partial charge in [-0.2, -0.15) is 0 Å². The molecular formula is C17H19FO2. The number of esters is 1. The summed E-state index contributed by atoms with van der Waals surface area (Å²) in [6.45, 7) is 3.51. The van der Waals surface area contributed by atoms with Crippen molar-refractivity contribution >= 4 is 5.97 Å². The predicted octanol–water partition coefficient (Wildman–Crippen LogP) is 4.50. The molecular weight excluding hydrogens is 255 g/mol. The van der Waals surface area contributed by atoms with Gasteiger partial charge in [0.05, 0.1) is 5.92 Å². The Morgan fingerprint density at radius 3 is 2.60 bits per heavy atom. The van der Waals surface area contributed by atoms with Gasteiger partial charge in [0, 0.05) is 6.42 Å². The van der Waals surface area contributed by atoms with E-state index in [0.717, 1.165) is 5.56 Å². The third kappa shape index (κ3) is 3.35. The zero-order valence-corrected chi connectivity index (χ0v) is 11.8. The summed E-state index contributed by atoms with van der Waals surface area (Å²) in [5.74, 6) is -1.17. The standard InChI is InChI=1S/C17H19FO2/c1-12(15-10-6-7-11-16(15)18)17(19)20-13(2)14-8-4-3-5-9-14/h3-6,8-10,12-13H,7,11H2,1-2H3. The molecule has 2 rings (SSSR count). The topological polar surface area (TPSA) is 26.3 Å². The summed E-state index contributed by atoms with van der Waals surface area (Å²) in [5, 5.41) is 0. The average molecular weight is 274 g/mol. The Kier molecular flexibility index (Phi) is 4.72. The summed E-state index contributed by atoms with van der Waals surface area (Å²) in [6.07, 6.45) is 4.32. The molecule has 2 nitrogen and oxygen atoms in total. The van der Waals surface area contributed by atoms with Crippen LogP contribution in [-0.4, -0.2) is 5.97 Å². The second-order valence-electron chi connectivity index (χ2n) is 5.01. The zero-order chi connectivity index (χ0) is 14.5. The Hall–Kier alpha value is -1.90. The van der Waals surface area contributed by atoms with Gasteiger partial charge < -0.3 is 4.74 Å². The smallest absolute Gasteiger partial charge is 0.313 e. The van der Waals surface area contributed by atoms with Crippen molar-refractivity contribution in [2.75, 3.05) is 0 Å². The molecule has 2 atom stereocenters. The Balaban J connectivity index is 2.03. The van der Waals surface area contributed by atoms with Gasteiger partial charge in [0.2, 0.25) is 0 Å². The maximum absolute atomic E-state index is 13.7. The highest BCUT2D eigenvalue weighted by Crippen LogP contribution is 2.28. The first kappa shape index (κ1) is 14.5. The molecule has 0 saturated carbocycles. The van der Waals surface area contributed by atoms with Crippen LogP contribution in [0.3, 0.4) is 0 Å². The van der Waals surface area contributed by atoms with Gasteiger partial charge in [-0.15, -0.1) is 0 Å². The first-order chi connectivity index (χ1) is 9.59. The highest BCUT2D eigenvalue weighted by molar-refractivity contribution is 5.76. The number of ether oxygens (including phenoxy) is 1. The Morgan fingerprint density at radius 1 is 1.25 bits per heavy atom. The van der Waals surface area contributed by atoms with Crippen LogP contribution in [-0.2, 0) is 9.53 Å². The van der Waals surface area contributed by atoms with E-state index in [9.17, 15) is 9.18 Å². The normalized spacial score (nSPS) is 17.8. The molecule has 20 heavy (non-hydrogen) atoms. The summed E-state index contributed by atoms with van der Waals surface area (Å²) in [7, 11) is 0. The summed E-state index contributed by atoms with van der Waals surface area (Å²) in [6, 6.07) is 9.52. The monoisotopic (exact) mass is 274 g/mol. The molecule has 0 fully saturated rings. The van der Waals surface area contributed by atoms with Crippen LogP contribution in [0.15, 0.2) is 53.9 Å². The zero-order valence-electron chi connectivity index (χ0n) is 11.8. The molecule has 0 aliphatic heterocycles. The molecule has 1 aliphatic carbocycles. The molecule has 0 spiro atoms. The summed E-state index contributed by atoms with van der Waals surface area (Å²) < 4.78 is 19.2. The van der Waals surface area contributed by atoms with E-state index in [1.54, 1.807) is 13.0 Å². The van der Waals surface area contributed by atoms with Crippen LogP contribution >= 0.6 is 0 Å². The number of hydrogen-bond acceptors (Lipinski definition) is 2. The van der Waals surface area contributed by atoms with E-state index in [4.69, 9.17) is 4.74 Å². The van der Waals surface area contributed by atoms with Gasteiger partial charge in [0.1, 0.15) is 11.9 Å². The van der Waals surface area contributed by atoms with Crippen molar-refractivity contribution in [3.8, 4) is 0 Å². The molecule has 0 amide bonds. The van der Waals surface area contributed by atoms with E-state index in [1.165, 1.54) is 0 Å². The lowest BCUT2D eigenvalue weighted by Crippen LogP contribution is -2.19. The van der Waals surface area contributed by atoms with E-state index >= 15 is 0 Å². The molecule has 106 valence electrons. The third-order valence-corrected chi connectivity index (χ3v) is 3.52. The van der Waals surface area contributed by atoms with Crippen LogP contribution in [0, 0.1) is 5.92 Å². The molecule has 1 aromatic carbocycles. The van der Waals surface area contributed by atoms with E-state index in [0.29, 0.717) is 18.4 Å². The maximum Gasteiger partial charge on any atom is 0.313 e. The van der Waals surface area contributed by atoms with Crippen molar-refractivity contribution in [1.29, 1.82) is 0 Å². The van der Waals surface area contributed by atoms with E-state index in [-0.39, 0.29) is 11.9 Å². The lowest BCUT2D eigenvalue weighted by atomic mass is 9.94. The van der Waals surface area contributed by atoms with Crippen molar-refractivity contribution < 1.29 is 13.9 Å². The van der Waals surface area contributed by atoms with Crippen LogP contribution in [0.2, 0.25) is 0 Å². The molecule has 0 heterocycles. The quantitative estimate of drug-likeness (QED) is 0.756. The number of carbonyl (C=O) groups is 1. The van der Waals surface area contributed by atoms with E-state index in [1.807, 2.05) is 43.3 Å². The minimum atomic E-state index is -0.572. The van der Waals surface area contributed by atoms with Gasteiger partial charge in [0.25, 0.3) is 0 Å². The Morgan fingerprint density at radius 2 is 1.95 bits per heavy atom. The minimum absolute atomic E-state index is 0.204. The van der Waals surface area contributed by atoms with Crippen molar-refractivity contribution in [2.45, 2.75) is 32.8 Å². The lowest BCUT2D eigenvalue weighted by Gasteiger charge is -2.19. The van der Waals surface area contributed by atoms with Crippen LogP contribution < -0.4 is 0 Å². The number of hydrogen-bond donors (Lipinski definition) is 0. The molecule has 0 bridgehead atoms. The first-order valence-corrected chi connectivity index (χ1v) is 6.90. The fourth-order valence-electron chi connectivity index (χ4n) is 2.23. The van der Waals surface area contributed by atoms with Crippen LogP contribution in [0.5, 0.6) is 0 Å². The molecule has 0 aromatic heterocycles. The largest absolute Gasteiger partial charge is 0.457 e. The maximum atomic E-state index is 13.7. The van der Waals surface area contributed by atoms with E-state index in [2.05, 4.69) is 0 Å². The fraction of sp³-hybridized carbons (Fsp3) is 0.353. The van der Waals surface area contributed by atoms with Gasteiger partial charge in [-0.3, -0.25) is 4.79 Å². The predicted molar refractivity (Wildman–Crippen MR) is 76.6 cm³/mol. The summed E-state index contributed by atoms with van der Waals surface area (Å²) >= 11 is 0. The fourth-order valence-corrected chi connectivity index (χ4v) is 2.23. The highest BCUT2D eigenvalue weighted by atomic mass is 19.1. The second-order valence-corrected chi connectivity index (χ2v) is 5.01. The summed E-state index contributed by atoms with van der Waals surface area (Å²) in [4.78, 5) is 12.1. The molecule has 0 radical (unpaired) electrons. The van der Waals surface area contributed by atoms with Crippen molar-refractivity contribution in [1.82, 2.24) is 0 Å². The second kappa shape index (κ2) is 6.51. The average Bonchev–Trinajstić information content (AvgIpc) is 2.48. The minimum Gasteiger partial charge on any atom is -0.457 e. The molecule has 0 N–H and O–H groups in total. The van der Waals surface area contributed by atoms with Crippen LogP contribution in [0.25, 0.3) is 0 Å². The van der Waals surface area contributed by atoms with Gasteiger partial charge >= 0.3 is 5.97 Å². The van der Waals surface area contributed by atoms with Crippen molar-refractivity contribution in [3.63, 3.8) is 0 Å². The van der Waals surface area contributed by atoms with Gasteiger partial charge in [0.15, 0.2) is 0 Å². The molecule has 1 aliphatic rings. The number of rotatable bonds is 4. The molecule has 0 saturated heterocycles. The number of halogens is 1. The lowest BCUT2D eigenvalue weighted by molar-refractivity contribution is -0.151. The number of carbonyl (C=O) groups excluding carboxylic acids is 1. The Labute approximate surface area is 119 Å². The van der Waals surface area contributed by atoms with Crippen LogP contribution in [0.4, 0.5) is 4.39 Å². The first-order valence-electron chi connectivity index (χ1n) is 6.90.